The molecule has 2 aliphatic rings. The first kappa shape index (κ1) is 15.9. The third-order valence-corrected chi connectivity index (χ3v) is 4.20. The minimum Gasteiger partial charge on any atom is -0.372 e. The molecule has 2 atom stereocenters. The number of nitrogens with one attached hydrogen (secondary N) is 1. The van der Waals surface area contributed by atoms with Gasteiger partial charge in [-0.1, -0.05) is 0 Å². The van der Waals surface area contributed by atoms with Crippen LogP contribution in [0.3, 0.4) is 0 Å². The van der Waals surface area contributed by atoms with Crippen LogP contribution in [-0.4, -0.2) is 57.3 Å². The van der Waals surface area contributed by atoms with E-state index in [4.69, 9.17) is 10.5 Å². The van der Waals surface area contributed by atoms with Crippen molar-refractivity contribution < 1.29 is 14.3 Å². The van der Waals surface area contributed by atoms with Crippen LogP contribution in [0.2, 0.25) is 0 Å². The van der Waals surface area contributed by atoms with E-state index >= 15 is 0 Å². The van der Waals surface area contributed by atoms with Crippen molar-refractivity contribution in [2.24, 2.45) is 5.73 Å². The third-order valence-electron chi connectivity index (χ3n) is 4.20. The van der Waals surface area contributed by atoms with Crippen LogP contribution in [0.15, 0.2) is 12.4 Å². The summed E-state index contributed by atoms with van der Waals surface area (Å²) in [6.45, 7) is 5.23. The molecule has 3 N–H and O–H groups in total. The molecule has 8 heteroatoms. The summed E-state index contributed by atoms with van der Waals surface area (Å²) in [5.74, 6) is -0.204. The van der Waals surface area contributed by atoms with Crippen molar-refractivity contribution in [3.8, 4) is 0 Å². The van der Waals surface area contributed by atoms with Crippen molar-refractivity contribution in [3.63, 3.8) is 0 Å². The molecule has 1 aromatic rings. The van der Waals surface area contributed by atoms with Crippen molar-refractivity contribution in [1.29, 1.82) is 0 Å². The average Bonchev–Trinajstić information content (AvgIpc) is 3.08. The predicted molar refractivity (Wildman–Crippen MR) is 83.6 cm³/mol. The van der Waals surface area contributed by atoms with Crippen LogP contribution >= 0.6 is 0 Å². The van der Waals surface area contributed by atoms with Gasteiger partial charge >= 0.3 is 0 Å². The Balaban J connectivity index is 1.56. The first-order chi connectivity index (χ1) is 10.9. The molecule has 0 spiro atoms. The van der Waals surface area contributed by atoms with Gasteiger partial charge in [-0.3, -0.25) is 14.3 Å². The highest BCUT2D eigenvalue weighted by Crippen LogP contribution is 2.33. The number of carbonyl (C=O) groups excluding carboxylic acids is 2. The Labute approximate surface area is 134 Å². The fourth-order valence-electron chi connectivity index (χ4n) is 2.75. The maximum atomic E-state index is 12.4. The quantitative estimate of drug-likeness (QED) is 0.809. The molecule has 1 aliphatic heterocycles. The van der Waals surface area contributed by atoms with Gasteiger partial charge in [-0.25, -0.2) is 0 Å². The van der Waals surface area contributed by atoms with Crippen molar-refractivity contribution in [3.05, 3.63) is 12.4 Å². The lowest BCUT2D eigenvalue weighted by Gasteiger charge is -2.35. The lowest BCUT2D eigenvalue weighted by molar-refractivity contribution is -0.144. The summed E-state index contributed by atoms with van der Waals surface area (Å²) >= 11 is 0. The minimum absolute atomic E-state index is 0.00883. The van der Waals surface area contributed by atoms with Gasteiger partial charge in [0.2, 0.25) is 11.8 Å². The van der Waals surface area contributed by atoms with Gasteiger partial charge in [0, 0.05) is 19.3 Å². The second-order valence-corrected chi connectivity index (χ2v) is 6.59. The number of amides is 2. The van der Waals surface area contributed by atoms with Gasteiger partial charge in [0.25, 0.3) is 0 Å². The molecule has 23 heavy (non-hydrogen) atoms. The molecule has 0 radical (unpaired) electrons. The van der Waals surface area contributed by atoms with Crippen molar-refractivity contribution >= 4 is 17.5 Å². The summed E-state index contributed by atoms with van der Waals surface area (Å²) < 4.78 is 7.15. The first-order valence-electron chi connectivity index (χ1n) is 7.92. The van der Waals surface area contributed by atoms with Gasteiger partial charge in [0.1, 0.15) is 6.54 Å². The number of anilines is 1. The summed E-state index contributed by atoms with van der Waals surface area (Å²) in [4.78, 5) is 26.0. The number of carbonyl (C=O) groups is 2. The Hall–Kier alpha value is -1.93. The smallest absolute Gasteiger partial charge is 0.244 e. The Morgan fingerprint density at radius 3 is 2.65 bits per heavy atom. The lowest BCUT2D eigenvalue weighted by Crippen LogP contribution is -2.49. The zero-order chi connectivity index (χ0) is 16.6. The standard InChI is InChI=1S/C15H23N5O3/c1-10-6-19(7-11(2)23-10)13(21)9-20-8-12(5-17-20)18-14(22)15(16)3-4-15/h5,8,10-11H,3-4,6-7,9,16H2,1-2H3,(H,18,22). The summed E-state index contributed by atoms with van der Waals surface area (Å²) in [6.07, 6.45) is 4.66. The van der Waals surface area contributed by atoms with Crippen LogP contribution in [0.25, 0.3) is 0 Å². The number of hydrogen-bond donors (Lipinski definition) is 2. The molecule has 126 valence electrons. The topological polar surface area (TPSA) is 102 Å². The second kappa shape index (κ2) is 5.93. The summed E-state index contributed by atoms with van der Waals surface area (Å²) in [5.41, 5.74) is 5.67. The number of ether oxygens (including phenoxy) is 1. The van der Waals surface area contributed by atoms with Gasteiger partial charge < -0.3 is 20.7 Å². The van der Waals surface area contributed by atoms with Crippen LogP contribution in [0.1, 0.15) is 26.7 Å². The maximum Gasteiger partial charge on any atom is 0.244 e. The normalized spacial score (nSPS) is 26.0. The van der Waals surface area contributed by atoms with Crippen LogP contribution in [0.4, 0.5) is 5.69 Å². The van der Waals surface area contributed by atoms with E-state index in [2.05, 4.69) is 10.4 Å². The Bertz CT molecular complexity index is 600. The molecule has 2 unspecified atom stereocenters. The largest absolute Gasteiger partial charge is 0.372 e. The highest BCUT2D eigenvalue weighted by Gasteiger charge is 2.46. The predicted octanol–water partition coefficient (Wildman–Crippen LogP) is -0.0513. The van der Waals surface area contributed by atoms with Gasteiger partial charge in [0.05, 0.1) is 29.6 Å². The van der Waals surface area contributed by atoms with Crippen LogP contribution in [0, 0.1) is 0 Å². The molecule has 3 rings (SSSR count). The zero-order valence-electron chi connectivity index (χ0n) is 13.5. The van der Waals surface area contributed by atoms with Crippen LogP contribution < -0.4 is 11.1 Å². The van der Waals surface area contributed by atoms with Crippen molar-refractivity contribution in [2.75, 3.05) is 18.4 Å². The Morgan fingerprint density at radius 2 is 2.04 bits per heavy atom. The summed E-state index contributed by atoms with van der Waals surface area (Å²) in [5, 5.41) is 6.87. The Kier molecular flexibility index (Phi) is 4.11. The monoisotopic (exact) mass is 321 g/mol. The molecule has 2 heterocycles. The molecule has 1 aromatic heterocycles. The number of morpholine rings is 1. The van der Waals surface area contributed by atoms with E-state index in [0.29, 0.717) is 31.6 Å². The molecular formula is C15H23N5O3. The number of rotatable bonds is 4. The lowest BCUT2D eigenvalue weighted by atomic mass is 10.2. The average molecular weight is 321 g/mol. The van der Waals surface area contributed by atoms with E-state index in [-0.39, 0.29) is 30.6 Å². The van der Waals surface area contributed by atoms with Gasteiger partial charge in [0.15, 0.2) is 0 Å². The van der Waals surface area contributed by atoms with Gasteiger partial charge in [-0.2, -0.15) is 5.10 Å². The number of nitrogens with zero attached hydrogens (tertiary/aromatic N) is 3. The van der Waals surface area contributed by atoms with Crippen molar-refractivity contribution in [2.45, 2.75) is 51.0 Å². The van der Waals surface area contributed by atoms with E-state index < -0.39 is 5.54 Å². The zero-order valence-corrected chi connectivity index (χ0v) is 13.5. The molecule has 1 saturated carbocycles. The molecule has 2 amide bonds. The fraction of sp³-hybridized carbons (Fsp3) is 0.667. The molecule has 1 saturated heterocycles. The number of aromatic nitrogens is 2. The Morgan fingerprint density at radius 1 is 1.39 bits per heavy atom. The van der Waals surface area contributed by atoms with Crippen molar-refractivity contribution in [1.82, 2.24) is 14.7 Å². The highest BCUT2D eigenvalue weighted by molar-refractivity contribution is 5.99. The molecule has 0 aromatic carbocycles. The van der Waals surface area contributed by atoms with Gasteiger partial charge in [-0.05, 0) is 26.7 Å². The van der Waals surface area contributed by atoms with E-state index in [0.717, 1.165) is 0 Å². The van der Waals surface area contributed by atoms with E-state index in [1.807, 2.05) is 13.8 Å². The first-order valence-corrected chi connectivity index (χ1v) is 7.92. The fourth-order valence-corrected chi connectivity index (χ4v) is 2.75. The second-order valence-electron chi connectivity index (χ2n) is 6.59. The van der Waals surface area contributed by atoms with E-state index in [9.17, 15) is 9.59 Å². The molecular weight excluding hydrogens is 298 g/mol. The molecule has 1 aliphatic carbocycles. The van der Waals surface area contributed by atoms with Gasteiger partial charge in [-0.15, -0.1) is 0 Å². The third kappa shape index (κ3) is 3.70. The van der Waals surface area contributed by atoms with E-state index in [1.54, 1.807) is 11.1 Å². The minimum atomic E-state index is -0.724. The maximum absolute atomic E-state index is 12.4. The number of nitrogens with two attached hydrogens (primary N) is 1. The van der Waals surface area contributed by atoms with Crippen LogP contribution in [0.5, 0.6) is 0 Å². The molecule has 0 bridgehead atoms. The molecule has 2 fully saturated rings. The highest BCUT2D eigenvalue weighted by atomic mass is 16.5. The SMILES string of the molecule is CC1CN(C(=O)Cn2cc(NC(=O)C3(N)CC3)cn2)CC(C)O1. The summed E-state index contributed by atoms with van der Waals surface area (Å²) in [7, 11) is 0. The van der Waals surface area contributed by atoms with Crippen LogP contribution in [-0.2, 0) is 20.9 Å². The number of hydrogen-bond acceptors (Lipinski definition) is 5. The molecule has 8 nitrogen and oxygen atoms in total. The summed E-state index contributed by atoms with van der Waals surface area (Å²) in [6, 6.07) is 0. The van der Waals surface area contributed by atoms with E-state index in [1.165, 1.54) is 10.9 Å².